The summed E-state index contributed by atoms with van der Waals surface area (Å²) in [6, 6.07) is 14.9. The smallest absolute Gasteiger partial charge is 0.423 e. The third-order valence-corrected chi connectivity index (χ3v) is 9.06. The molecule has 0 unspecified atom stereocenters. The topological polar surface area (TPSA) is 165 Å². The molecule has 46 heavy (non-hydrogen) atoms. The Morgan fingerprint density at radius 3 is 2.54 bits per heavy atom. The van der Waals surface area contributed by atoms with E-state index in [9.17, 15) is 32.4 Å². The summed E-state index contributed by atoms with van der Waals surface area (Å²) >= 11 is 0. The summed E-state index contributed by atoms with van der Waals surface area (Å²) in [6.45, 7) is 1.84. The molecule has 2 heterocycles. The number of fused-ring (bicyclic) bond motifs is 1. The van der Waals surface area contributed by atoms with E-state index in [0.717, 1.165) is 16.4 Å². The van der Waals surface area contributed by atoms with Crippen LogP contribution in [0.1, 0.15) is 38.8 Å². The van der Waals surface area contributed by atoms with E-state index in [-0.39, 0.29) is 29.7 Å². The zero-order valence-corrected chi connectivity index (χ0v) is 25.4. The van der Waals surface area contributed by atoms with Gasteiger partial charge in [-0.15, -0.1) is 0 Å². The standard InChI is InChI=1S/C31H28BF2N5O6S/c1-3-39(2)46(44,45)38-26-11-10-25(33)28(29(26)34)30(41)23-16-37-31-22(23)12-21(15-36-31)18-8-9-20(17-40)27(13-18)35-14-19-6-4-5-7-24(19)32(42)43/h4-13,15-17,35,38,42-43H,3,14H2,1-2H3,(H,36,37). The molecule has 236 valence electrons. The van der Waals surface area contributed by atoms with Gasteiger partial charge in [-0.3, -0.25) is 14.3 Å². The van der Waals surface area contributed by atoms with Crippen molar-refractivity contribution >= 4 is 57.3 Å². The van der Waals surface area contributed by atoms with Gasteiger partial charge in [0.1, 0.15) is 11.5 Å². The molecule has 0 aliphatic rings. The predicted molar refractivity (Wildman–Crippen MR) is 171 cm³/mol. The molecule has 3 aromatic carbocycles. The lowest BCUT2D eigenvalue weighted by Crippen LogP contribution is -2.33. The van der Waals surface area contributed by atoms with E-state index in [1.165, 1.54) is 19.4 Å². The highest BCUT2D eigenvalue weighted by Gasteiger charge is 2.27. The van der Waals surface area contributed by atoms with E-state index >= 15 is 4.39 Å². The molecule has 0 amide bonds. The third-order valence-electron chi connectivity index (χ3n) is 7.50. The average Bonchev–Trinajstić information content (AvgIpc) is 3.48. The number of aldehydes is 1. The second-order valence-electron chi connectivity index (χ2n) is 10.3. The number of anilines is 2. The number of pyridine rings is 1. The van der Waals surface area contributed by atoms with Crippen molar-refractivity contribution < 1.29 is 36.8 Å². The Bertz CT molecular complexity index is 2070. The summed E-state index contributed by atoms with van der Waals surface area (Å²) in [5.41, 5.74) is 1.42. The Kier molecular flexibility index (Phi) is 9.30. The number of benzene rings is 3. The van der Waals surface area contributed by atoms with Gasteiger partial charge in [0.05, 0.1) is 11.3 Å². The van der Waals surface area contributed by atoms with Crippen LogP contribution >= 0.6 is 0 Å². The number of hydrogen-bond donors (Lipinski definition) is 5. The molecule has 5 N–H and O–H groups in total. The predicted octanol–water partition coefficient (Wildman–Crippen LogP) is 3.45. The van der Waals surface area contributed by atoms with Crippen LogP contribution in [0.2, 0.25) is 0 Å². The normalized spacial score (nSPS) is 11.5. The highest BCUT2D eigenvalue weighted by Crippen LogP contribution is 2.31. The molecule has 0 saturated heterocycles. The zero-order valence-electron chi connectivity index (χ0n) is 24.6. The number of carbonyl (C=O) groups is 2. The van der Waals surface area contributed by atoms with E-state index in [2.05, 4.69) is 15.3 Å². The first kappa shape index (κ1) is 32.4. The molecule has 15 heteroatoms. The van der Waals surface area contributed by atoms with Crippen LogP contribution in [0.25, 0.3) is 22.2 Å². The Labute approximate surface area is 263 Å². The SMILES string of the molecule is CCN(C)S(=O)(=O)Nc1ccc(F)c(C(=O)c2c[nH]c3ncc(-c4ccc(C=O)c(NCc5ccccc5B(O)O)c4)cc23)c1F. The molecule has 2 aromatic heterocycles. The molecule has 0 aliphatic carbocycles. The lowest BCUT2D eigenvalue weighted by atomic mass is 9.77. The third kappa shape index (κ3) is 6.39. The number of H-pyrrole nitrogens is 1. The number of halogens is 2. The largest absolute Gasteiger partial charge is 0.488 e. The van der Waals surface area contributed by atoms with Gasteiger partial charge in [-0.2, -0.15) is 12.7 Å². The van der Waals surface area contributed by atoms with Gasteiger partial charge in [-0.25, -0.2) is 13.8 Å². The van der Waals surface area contributed by atoms with Crippen molar-refractivity contribution in [1.82, 2.24) is 14.3 Å². The molecule has 0 atom stereocenters. The Morgan fingerprint density at radius 1 is 1.07 bits per heavy atom. The second kappa shape index (κ2) is 13.2. The van der Waals surface area contributed by atoms with Crippen LogP contribution in [0.3, 0.4) is 0 Å². The molecule has 0 saturated carbocycles. The van der Waals surface area contributed by atoms with Crippen LogP contribution in [0, 0.1) is 11.6 Å². The van der Waals surface area contributed by atoms with E-state index in [0.29, 0.717) is 39.7 Å². The van der Waals surface area contributed by atoms with Crippen molar-refractivity contribution in [2.45, 2.75) is 13.5 Å². The van der Waals surface area contributed by atoms with Crippen molar-refractivity contribution in [1.29, 1.82) is 0 Å². The highest BCUT2D eigenvalue weighted by atomic mass is 32.2. The van der Waals surface area contributed by atoms with E-state index in [4.69, 9.17) is 0 Å². The molecule has 0 bridgehead atoms. The number of aromatic amines is 1. The quantitative estimate of drug-likeness (QED) is 0.0781. The van der Waals surface area contributed by atoms with Crippen LogP contribution < -0.4 is 15.5 Å². The number of carbonyl (C=O) groups excluding carboxylic acids is 2. The fourth-order valence-electron chi connectivity index (χ4n) is 4.84. The molecule has 0 aliphatic heterocycles. The minimum absolute atomic E-state index is 0.0891. The molecule has 0 radical (unpaired) electrons. The van der Waals surface area contributed by atoms with Gasteiger partial charge in [0.25, 0.3) is 0 Å². The lowest BCUT2D eigenvalue weighted by molar-refractivity contribution is 0.103. The van der Waals surface area contributed by atoms with Gasteiger partial charge in [0, 0.05) is 60.3 Å². The molecular weight excluding hydrogens is 619 g/mol. The summed E-state index contributed by atoms with van der Waals surface area (Å²) in [6.07, 6.45) is 3.45. The Morgan fingerprint density at radius 2 is 1.83 bits per heavy atom. The number of nitrogens with one attached hydrogen (secondary N) is 3. The van der Waals surface area contributed by atoms with Crippen LogP contribution in [0.4, 0.5) is 20.2 Å². The van der Waals surface area contributed by atoms with Gasteiger partial charge in [0.15, 0.2) is 12.1 Å². The summed E-state index contributed by atoms with van der Waals surface area (Å²) in [4.78, 5) is 32.5. The van der Waals surface area contributed by atoms with Crippen LogP contribution in [-0.2, 0) is 16.8 Å². The number of nitrogens with zero attached hydrogens (tertiary/aromatic N) is 2. The van der Waals surface area contributed by atoms with E-state index < -0.39 is 46.0 Å². The van der Waals surface area contributed by atoms with Crippen molar-refractivity contribution in [3.8, 4) is 11.1 Å². The van der Waals surface area contributed by atoms with Gasteiger partial charge in [0.2, 0.25) is 5.78 Å². The minimum Gasteiger partial charge on any atom is -0.423 e. The van der Waals surface area contributed by atoms with Crippen LogP contribution in [0.15, 0.2) is 73.1 Å². The van der Waals surface area contributed by atoms with Crippen LogP contribution in [0.5, 0.6) is 0 Å². The highest BCUT2D eigenvalue weighted by molar-refractivity contribution is 7.90. The second-order valence-corrected chi connectivity index (χ2v) is 12.1. The Hall–Kier alpha value is -4.96. The number of aromatic nitrogens is 2. The molecule has 0 spiro atoms. The maximum atomic E-state index is 15.5. The van der Waals surface area contributed by atoms with Gasteiger partial charge in [-0.05, 0) is 46.9 Å². The fourth-order valence-corrected chi connectivity index (χ4v) is 5.77. The molecule has 5 aromatic rings. The van der Waals surface area contributed by atoms with E-state index in [1.807, 2.05) is 4.72 Å². The monoisotopic (exact) mass is 647 g/mol. The molecule has 11 nitrogen and oxygen atoms in total. The Balaban J connectivity index is 1.49. The number of rotatable bonds is 12. The number of ketones is 1. The van der Waals surface area contributed by atoms with Crippen molar-refractivity contribution in [3.63, 3.8) is 0 Å². The van der Waals surface area contributed by atoms with Crippen LogP contribution in [-0.4, -0.2) is 65.5 Å². The van der Waals surface area contributed by atoms with Crippen molar-refractivity contribution in [2.24, 2.45) is 0 Å². The first-order valence-corrected chi connectivity index (χ1v) is 15.4. The summed E-state index contributed by atoms with van der Waals surface area (Å²) in [7, 11) is -4.56. The van der Waals surface area contributed by atoms with Gasteiger partial charge < -0.3 is 20.3 Å². The van der Waals surface area contributed by atoms with Crippen molar-refractivity contribution in [2.75, 3.05) is 23.6 Å². The van der Waals surface area contributed by atoms with E-state index in [1.54, 1.807) is 55.5 Å². The van der Waals surface area contributed by atoms with Crippen molar-refractivity contribution in [3.05, 3.63) is 107 Å². The molecule has 5 rings (SSSR count). The minimum atomic E-state index is -4.16. The maximum absolute atomic E-state index is 15.5. The van der Waals surface area contributed by atoms with Gasteiger partial charge >= 0.3 is 17.3 Å². The summed E-state index contributed by atoms with van der Waals surface area (Å²) < 4.78 is 58.3. The average molecular weight is 647 g/mol. The summed E-state index contributed by atoms with van der Waals surface area (Å²) in [5, 5.41) is 22.8. The molecular formula is C31H28BF2N5O6S. The summed E-state index contributed by atoms with van der Waals surface area (Å²) in [5.74, 6) is -3.58. The molecule has 0 fully saturated rings. The first-order valence-electron chi connectivity index (χ1n) is 14.0. The van der Waals surface area contributed by atoms with Gasteiger partial charge in [-0.1, -0.05) is 37.3 Å². The maximum Gasteiger partial charge on any atom is 0.488 e. The first-order chi connectivity index (χ1) is 21.9. The number of hydrogen-bond acceptors (Lipinski definition) is 8. The zero-order chi connectivity index (χ0) is 33.2. The fraction of sp³-hybridized carbons (Fsp3) is 0.129. The lowest BCUT2D eigenvalue weighted by Gasteiger charge is -2.17.